The highest BCUT2D eigenvalue weighted by atomic mass is 16.3. The number of phenols is 1. The van der Waals surface area contributed by atoms with Crippen LogP contribution in [-0.4, -0.2) is 10.2 Å². The first-order valence-corrected chi connectivity index (χ1v) is 5.94. The third-order valence-corrected chi connectivity index (χ3v) is 2.89. The molecule has 18 heavy (non-hydrogen) atoms. The van der Waals surface area contributed by atoms with Crippen molar-refractivity contribution in [3.05, 3.63) is 59.7 Å². The number of aliphatic hydroxyl groups excluding tert-OH is 1. The zero-order valence-electron chi connectivity index (χ0n) is 10.3. The number of aromatic hydroxyl groups is 1. The van der Waals surface area contributed by atoms with E-state index in [4.69, 9.17) is 5.11 Å². The van der Waals surface area contributed by atoms with Crippen molar-refractivity contribution in [1.29, 1.82) is 0 Å². The van der Waals surface area contributed by atoms with Gasteiger partial charge in [0.1, 0.15) is 5.75 Å². The third-order valence-electron chi connectivity index (χ3n) is 2.89. The van der Waals surface area contributed by atoms with Crippen LogP contribution in [0.15, 0.2) is 48.5 Å². The summed E-state index contributed by atoms with van der Waals surface area (Å²) in [6.45, 7) is 2.10. The van der Waals surface area contributed by atoms with Gasteiger partial charge in [0.05, 0.1) is 6.61 Å². The Bertz CT molecular complexity index is 508. The van der Waals surface area contributed by atoms with Gasteiger partial charge < -0.3 is 15.5 Å². The van der Waals surface area contributed by atoms with Crippen LogP contribution >= 0.6 is 0 Å². The Kier molecular flexibility index (Phi) is 3.85. The average molecular weight is 243 g/mol. The van der Waals surface area contributed by atoms with Crippen LogP contribution in [0.2, 0.25) is 0 Å². The van der Waals surface area contributed by atoms with Crippen molar-refractivity contribution < 1.29 is 10.2 Å². The first kappa shape index (κ1) is 12.5. The molecule has 1 atom stereocenters. The number of hydrogen-bond donors (Lipinski definition) is 3. The SMILES string of the molecule is CC(Nc1cccc(CO)c1)c1ccc(O)cc1. The maximum absolute atomic E-state index is 9.25. The number of phenolic OH excluding ortho intramolecular Hbond substituents is 1. The molecule has 0 aliphatic carbocycles. The molecule has 3 N–H and O–H groups in total. The highest BCUT2D eigenvalue weighted by Crippen LogP contribution is 2.21. The largest absolute Gasteiger partial charge is 0.508 e. The van der Waals surface area contributed by atoms with E-state index in [-0.39, 0.29) is 18.4 Å². The molecule has 0 saturated carbocycles. The fraction of sp³-hybridized carbons (Fsp3) is 0.200. The van der Waals surface area contributed by atoms with Crippen molar-refractivity contribution in [2.24, 2.45) is 0 Å². The van der Waals surface area contributed by atoms with Gasteiger partial charge in [-0.05, 0) is 42.3 Å². The van der Waals surface area contributed by atoms with Crippen LogP contribution in [0, 0.1) is 0 Å². The Morgan fingerprint density at radius 2 is 1.83 bits per heavy atom. The van der Waals surface area contributed by atoms with E-state index in [9.17, 15) is 5.11 Å². The molecule has 0 aliphatic heterocycles. The maximum atomic E-state index is 9.25. The highest BCUT2D eigenvalue weighted by molar-refractivity contribution is 5.47. The lowest BCUT2D eigenvalue weighted by molar-refractivity contribution is 0.282. The number of nitrogens with one attached hydrogen (secondary N) is 1. The fourth-order valence-corrected chi connectivity index (χ4v) is 1.86. The van der Waals surface area contributed by atoms with Crippen molar-refractivity contribution in [3.8, 4) is 5.75 Å². The zero-order valence-corrected chi connectivity index (χ0v) is 10.3. The smallest absolute Gasteiger partial charge is 0.115 e. The lowest BCUT2D eigenvalue weighted by atomic mass is 10.1. The van der Waals surface area contributed by atoms with Gasteiger partial charge in [0.25, 0.3) is 0 Å². The fourth-order valence-electron chi connectivity index (χ4n) is 1.86. The summed E-state index contributed by atoms with van der Waals surface area (Å²) in [5.74, 6) is 0.272. The molecular weight excluding hydrogens is 226 g/mol. The first-order valence-electron chi connectivity index (χ1n) is 5.94. The quantitative estimate of drug-likeness (QED) is 0.773. The van der Waals surface area contributed by atoms with Gasteiger partial charge in [0.2, 0.25) is 0 Å². The third kappa shape index (κ3) is 3.02. The summed E-state index contributed by atoms with van der Waals surface area (Å²) in [6, 6.07) is 15.0. The minimum absolute atomic E-state index is 0.0448. The van der Waals surface area contributed by atoms with Gasteiger partial charge >= 0.3 is 0 Å². The molecule has 0 aromatic heterocycles. The Hall–Kier alpha value is -2.00. The predicted molar refractivity (Wildman–Crippen MR) is 72.5 cm³/mol. The molecule has 0 fully saturated rings. The van der Waals surface area contributed by atoms with Crippen molar-refractivity contribution in [1.82, 2.24) is 0 Å². The van der Waals surface area contributed by atoms with E-state index >= 15 is 0 Å². The molecule has 3 heteroatoms. The molecule has 3 nitrogen and oxygen atoms in total. The van der Waals surface area contributed by atoms with E-state index in [2.05, 4.69) is 12.2 Å². The molecule has 94 valence electrons. The van der Waals surface area contributed by atoms with Gasteiger partial charge in [-0.25, -0.2) is 0 Å². The molecule has 0 aliphatic rings. The molecule has 0 heterocycles. The molecule has 0 saturated heterocycles. The van der Waals surface area contributed by atoms with Crippen molar-refractivity contribution >= 4 is 5.69 Å². The first-order chi connectivity index (χ1) is 8.69. The van der Waals surface area contributed by atoms with E-state index < -0.39 is 0 Å². The van der Waals surface area contributed by atoms with Crippen molar-refractivity contribution in [2.75, 3.05) is 5.32 Å². The van der Waals surface area contributed by atoms with Crippen LogP contribution in [0.25, 0.3) is 0 Å². The van der Waals surface area contributed by atoms with E-state index in [1.807, 2.05) is 36.4 Å². The summed E-state index contributed by atoms with van der Waals surface area (Å²) in [4.78, 5) is 0. The topological polar surface area (TPSA) is 52.5 Å². The summed E-state index contributed by atoms with van der Waals surface area (Å²) in [7, 11) is 0. The van der Waals surface area contributed by atoms with E-state index in [0.29, 0.717) is 0 Å². The lowest BCUT2D eigenvalue weighted by Gasteiger charge is -2.16. The van der Waals surface area contributed by atoms with E-state index in [0.717, 1.165) is 16.8 Å². The molecule has 2 rings (SSSR count). The van der Waals surface area contributed by atoms with Crippen LogP contribution in [-0.2, 0) is 6.61 Å². The summed E-state index contributed by atoms with van der Waals surface area (Å²) in [5, 5.41) is 21.7. The van der Waals surface area contributed by atoms with Crippen LogP contribution < -0.4 is 5.32 Å². The molecule has 0 radical (unpaired) electrons. The number of aliphatic hydroxyl groups is 1. The van der Waals surface area contributed by atoms with Gasteiger partial charge in [-0.2, -0.15) is 0 Å². The van der Waals surface area contributed by atoms with Crippen LogP contribution in [0.5, 0.6) is 5.75 Å². The summed E-state index contributed by atoms with van der Waals surface area (Å²) in [6.07, 6.45) is 0. The Labute approximate surface area is 107 Å². The lowest BCUT2D eigenvalue weighted by Crippen LogP contribution is -2.06. The normalized spacial score (nSPS) is 12.1. The van der Waals surface area contributed by atoms with Crippen LogP contribution in [0.4, 0.5) is 5.69 Å². The number of rotatable bonds is 4. The Morgan fingerprint density at radius 1 is 1.11 bits per heavy atom. The highest BCUT2D eigenvalue weighted by Gasteiger charge is 2.05. The van der Waals surface area contributed by atoms with Crippen LogP contribution in [0.3, 0.4) is 0 Å². The minimum Gasteiger partial charge on any atom is -0.508 e. The minimum atomic E-state index is 0.0448. The number of anilines is 1. The summed E-state index contributed by atoms with van der Waals surface area (Å²) in [5.41, 5.74) is 2.96. The van der Waals surface area contributed by atoms with Gasteiger partial charge in [-0.1, -0.05) is 24.3 Å². The average Bonchev–Trinajstić information content (AvgIpc) is 2.39. The molecular formula is C15H17NO2. The van der Waals surface area contributed by atoms with E-state index in [1.165, 1.54) is 0 Å². The van der Waals surface area contributed by atoms with Crippen molar-refractivity contribution in [3.63, 3.8) is 0 Å². The Balaban J connectivity index is 2.10. The van der Waals surface area contributed by atoms with Gasteiger partial charge in [-0.15, -0.1) is 0 Å². The monoisotopic (exact) mass is 243 g/mol. The molecule has 2 aromatic carbocycles. The molecule has 1 unspecified atom stereocenters. The second-order valence-electron chi connectivity index (χ2n) is 4.32. The van der Waals surface area contributed by atoms with Crippen LogP contribution in [0.1, 0.15) is 24.1 Å². The zero-order chi connectivity index (χ0) is 13.0. The second-order valence-corrected chi connectivity index (χ2v) is 4.32. The summed E-state index contributed by atoms with van der Waals surface area (Å²) >= 11 is 0. The maximum Gasteiger partial charge on any atom is 0.115 e. The molecule has 2 aromatic rings. The molecule has 0 amide bonds. The second kappa shape index (κ2) is 5.56. The number of hydrogen-bond acceptors (Lipinski definition) is 3. The molecule has 0 bridgehead atoms. The van der Waals surface area contributed by atoms with E-state index in [1.54, 1.807) is 12.1 Å². The van der Waals surface area contributed by atoms with Gasteiger partial charge in [0.15, 0.2) is 0 Å². The Morgan fingerprint density at radius 3 is 2.50 bits per heavy atom. The predicted octanol–water partition coefficient (Wildman–Crippen LogP) is 3.06. The molecule has 0 spiro atoms. The number of benzene rings is 2. The summed E-state index contributed by atoms with van der Waals surface area (Å²) < 4.78 is 0. The van der Waals surface area contributed by atoms with Gasteiger partial charge in [0, 0.05) is 11.7 Å². The standard InChI is InChI=1S/C15H17NO2/c1-11(13-5-7-15(18)8-6-13)16-14-4-2-3-12(9-14)10-17/h2-9,11,16-18H,10H2,1H3. The van der Waals surface area contributed by atoms with Crippen molar-refractivity contribution in [2.45, 2.75) is 19.6 Å². The van der Waals surface area contributed by atoms with Gasteiger partial charge in [-0.3, -0.25) is 0 Å².